The number of nitrogens with zero attached hydrogens (tertiary/aromatic N) is 1. The van der Waals surface area contributed by atoms with E-state index in [2.05, 4.69) is 10.3 Å². The molecule has 94 valence electrons. The van der Waals surface area contributed by atoms with Crippen molar-refractivity contribution in [3.63, 3.8) is 0 Å². The first kappa shape index (κ1) is 13.0. The molecule has 0 spiro atoms. The number of aromatic nitrogens is 1. The van der Waals surface area contributed by atoms with Gasteiger partial charge in [0.05, 0.1) is 5.02 Å². The van der Waals surface area contributed by atoms with Crippen LogP contribution in [0.4, 0.5) is 4.39 Å². The van der Waals surface area contributed by atoms with E-state index in [0.717, 1.165) is 5.69 Å². The summed E-state index contributed by atoms with van der Waals surface area (Å²) < 4.78 is 13.9. The minimum absolute atomic E-state index is 0.140. The molecule has 0 aliphatic rings. The lowest BCUT2D eigenvalue weighted by Gasteiger charge is -2.17. The second-order valence-corrected chi connectivity index (χ2v) is 4.42. The van der Waals surface area contributed by atoms with E-state index in [1.165, 1.54) is 0 Å². The normalized spacial score (nSPS) is 12.4. The Hall–Kier alpha value is -1.45. The number of hydrogen-bond acceptors (Lipinski definition) is 2. The molecule has 1 atom stereocenters. The lowest BCUT2D eigenvalue weighted by atomic mass is 10.0. The standard InChI is InChI=1S/C14H14ClFN2/c1-17-13(9-10-5-2-3-8-18-10)11-6-4-7-12(15)14(11)16/h2-8,13,17H,9H2,1H3. The molecule has 0 fully saturated rings. The molecule has 0 bridgehead atoms. The second-order valence-electron chi connectivity index (χ2n) is 4.01. The highest BCUT2D eigenvalue weighted by Gasteiger charge is 2.16. The lowest BCUT2D eigenvalue weighted by molar-refractivity contribution is 0.530. The number of nitrogens with one attached hydrogen (secondary N) is 1. The largest absolute Gasteiger partial charge is 0.313 e. The average molecular weight is 265 g/mol. The Kier molecular flexibility index (Phi) is 4.28. The van der Waals surface area contributed by atoms with E-state index in [9.17, 15) is 4.39 Å². The summed E-state index contributed by atoms with van der Waals surface area (Å²) in [6.07, 6.45) is 2.35. The van der Waals surface area contributed by atoms with Crippen LogP contribution in [-0.4, -0.2) is 12.0 Å². The molecule has 0 aliphatic carbocycles. The van der Waals surface area contributed by atoms with Crippen molar-refractivity contribution in [3.8, 4) is 0 Å². The van der Waals surface area contributed by atoms with Gasteiger partial charge < -0.3 is 5.32 Å². The number of pyridine rings is 1. The lowest BCUT2D eigenvalue weighted by Crippen LogP contribution is -2.20. The molecule has 18 heavy (non-hydrogen) atoms. The third-order valence-electron chi connectivity index (χ3n) is 2.84. The van der Waals surface area contributed by atoms with Crippen LogP contribution in [0.15, 0.2) is 42.6 Å². The van der Waals surface area contributed by atoms with Gasteiger partial charge in [0.2, 0.25) is 0 Å². The summed E-state index contributed by atoms with van der Waals surface area (Å²) in [6.45, 7) is 0. The molecule has 0 aliphatic heterocycles. The quantitative estimate of drug-likeness (QED) is 0.916. The predicted octanol–water partition coefficient (Wildman–Crippen LogP) is 3.38. The van der Waals surface area contributed by atoms with Crippen LogP contribution in [0.5, 0.6) is 0 Å². The summed E-state index contributed by atoms with van der Waals surface area (Å²) in [6, 6.07) is 10.6. The highest BCUT2D eigenvalue weighted by atomic mass is 35.5. The minimum atomic E-state index is -0.366. The van der Waals surface area contributed by atoms with Crippen molar-refractivity contribution in [3.05, 3.63) is 64.7 Å². The first-order valence-corrected chi connectivity index (χ1v) is 6.11. The smallest absolute Gasteiger partial charge is 0.146 e. The Morgan fingerprint density at radius 3 is 2.78 bits per heavy atom. The van der Waals surface area contributed by atoms with Crippen LogP contribution in [0, 0.1) is 5.82 Å². The van der Waals surface area contributed by atoms with E-state index in [4.69, 9.17) is 11.6 Å². The molecule has 1 unspecified atom stereocenters. The number of likely N-dealkylation sites (N-methyl/N-ethyl adjacent to an activating group) is 1. The summed E-state index contributed by atoms with van der Waals surface area (Å²) in [5, 5.41) is 3.24. The van der Waals surface area contributed by atoms with Crippen molar-refractivity contribution < 1.29 is 4.39 Å². The van der Waals surface area contributed by atoms with Gasteiger partial charge in [-0.3, -0.25) is 4.98 Å². The van der Waals surface area contributed by atoms with Crippen LogP contribution >= 0.6 is 11.6 Å². The highest BCUT2D eigenvalue weighted by molar-refractivity contribution is 6.30. The van der Waals surface area contributed by atoms with Crippen molar-refractivity contribution in [2.45, 2.75) is 12.5 Å². The zero-order valence-electron chi connectivity index (χ0n) is 10.0. The third kappa shape index (κ3) is 2.86. The van der Waals surface area contributed by atoms with Crippen molar-refractivity contribution in [2.24, 2.45) is 0 Å². The maximum atomic E-state index is 13.9. The van der Waals surface area contributed by atoms with Crippen molar-refractivity contribution in [2.75, 3.05) is 7.05 Å². The molecule has 1 heterocycles. The number of benzene rings is 1. The molecule has 2 rings (SSSR count). The maximum Gasteiger partial charge on any atom is 0.146 e. The summed E-state index contributed by atoms with van der Waals surface area (Å²) >= 11 is 5.80. The zero-order valence-corrected chi connectivity index (χ0v) is 10.8. The predicted molar refractivity (Wildman–Crippen MR) is 71.2 cm³/mol. The van der Waals surface area contributed by atoms with Crippen LogP contribution < -0.4 is 5.32 Å². The summed E-state index contributed by atoms with van der Waals surface area (Å²) in [4.78, 5) is 4.25. The van der Waals surface area contributed by atoms with Crippen LogP contribution in [0.2, 0.25) is 5.02 Å². The van der Waals surface area contributed by atoms with Gasteiger partial charge in [-0.15, -0.1) is 0 Å². The van der Waals surface area contributed by atoms with E-state index in [-0.39, 0.29) is 16.9 Å². The molecule has 0 saturated heterocycles. The first-order chi connectivity index (χ1) is 8.72. The Bertz CT molecular complexity index is 516. The molecule has 1 aromatic carbocycles. The molecule has 0 amide bonds. The Labute approximate surface area is 111 Å². The molecule has 1 aromatic heterocycles. The fourth-order valence-corrected chi connectivity index (χ4v) is 2.07. The topological polar surface area (TPSA) is 24.9 Å². The fraction of sp³-hybridized carbons (Fsp3) is 0.214. The van der Waals surface area contributed by atoms with Crippen molar-refractivity contribution in [1.82, 2.24) is 10.3 Å². The summed E-state index contributed by atoms with van der Waals surface area (Å²) in [7, 11) is 1.80. The average Bonchev–Trinajstić information content (AvgIpc) is 2.41. The fourth-order valence-electron chi connectivity index (χ4n) is 1.89. The minimum Gasteiger partial charge on any atom is -0.313 e. The van der Waals surface area contributed by atoms with E-state index < -0.39 is 0 Å². The van der Waals surface area contributed by atoms with Crippen molar-refractivity contribution >= 4 is 11.6 Å². The van der Waals surface area contributed by atoms with E-state index in [1.54, 1.807) is 31.4 Å². The van der Waals surface area contributed by atoms with E-state index in [1.807, 2.05) is 18.2 Å². The van der Waals surface area contributed by atoms with Gasteiger partial charge in [-0.1, -0.05) is 29.8 Å². The van der Waals surface area contributed by atoms with Gasteiger partial charge in [0, 0.05) is 29.9 Å². The molecule has 2 aromatic rings. The SMILES string of the molecule is CNC(Cc1ccccn1)c1cccc(Cl)c1F. The van der Waals surface area contributed by atoms with Crippen LogP contribution in [0.3, 0.4) is 0 Å². The van der Waals surface area contributed by atoms with Crippen LogP contribution in [0.1, 0.15) is 17.3 Å². The maximum absolute atomic E-state index is 13.9. The number of halogens is 2. The number of rotatable bonds is 4. The highest BCUT2D eigenvalue weighted by Crippen LogP contribution is 2.25. The first-order valence-electron chi connectivity index (χ1n) is 5.73. The Morgan fingerprint density at radius 1 is 1.28 bits per heavy atom. The van der Waals surface area contributed by atoms with Gasteiger partial charge in [0.25, 0.3) is 0 Å². The zero-order chi connectivity index (χ0) is 13.0. The summed E-state index contributed by atoms with van der Waals surface area (Å²) in [5.41, 5.74) is 1.48. The van der Waals surface area contributed by atoms with Crippen LogP contribution in [-0.2, 0) is 6.42 Å². The van der Waals surface area contributed by atoms with Crippen LogP contribution in [0.25, 0.3) is 0 Å². The Morgan fingerprint density at radius 2 is 2.11 bits per heavy atom. The number of hydrogen-bond donors (Lipinski definition) is 1. The molecule has 2 nitrogen and oxygen atoms in total. The molecular formula is C14H14ClFN2. The van der Waals surface area contributed by atoms with Gasteiger partial charge in [0.1, 0.15) is 5.82 Å². The molecule has 0 radical (unpaired) electrons. The Balaban J connectivity index is 2.26. The van der Waals surface area contributed by atoms with Gasteiger partial charge in [-0.05, 0) is 25.2 Å². The van der Waals surface area contributed by atoms with Gasteiger partial charge in [-0.2, -0.15) is 0 Å². The van der Waals surface area contributed by atoms with Gasteiger partial charge in [-0.25, -0.2) is 4.39 Å². The van der Waals surface area contributed by atoms with E-state index >= 15 is 0 Å². The van der Waals surface area contributed by atoms with E-state index in [0.29, 0.717) is 12.0 Å². The molecule has 4 heteroatoms. The van der Waals surface area contributed by atoms with Gasteiger partial charge in [0.15, 0.2) is 0 Å². The molecular weight excluding hydrogens is 251 g/mol. The second kappa shape index (κ2) is 5.94. The molecule has 0 saturated carbocycles. The van der Waals surface area contributed by atoms with Crippen molar-refractivity contribution in [1.29, 1.82) is 0 Å². The monoisotopic (exact) mass is 264 g/mol. The van der Waals surface area contributed by atoms with Gasteiger partial charge >= 0.3 is 0 Å². The summed E-state index contributed by atoms with van der Waals surface area (Å²) in [5.74, 6) is -0.366. The third-order valence-corrected chi connectivity index (χ3v) is 3.14. The molecule has 1 N–H and O–H groups in total.